The standard InChI is InChI=1S/C36H33F7O/c1-2-3-4-5-22-6-8-24(9-7-22)27-20-33(40)35(34(41)21-27)36(42,43)44-28-14-10-23(11-15-28)25-12-16-29(31(38)18-25)26-13-17-30(37)32(39)19-26/h10-22,24H,2-9H2,1H3. The summed E-state index contributed by atoms with van der Waals surface area (Å²) in [6, 6.07) is 14.3. The van der Waals surface area contributed by atoms with Crippen molar-refractivity contribution in [2.45, 2.75) is 70.3 Å². The van der Waals surface area contributed by atoms with Crippen molar-refractivity contribution in [2.75, 3.05) is 0 Å². The Bertz CT molecular complexity index is 1570. The Morgan fingerprint density at radius 3 is 1.86 bits per heavy atom. The SMILES string of the molecule is CCCCCC1CCC(c2cc(F)c(C(F)(F)Oc3ccc(-c4ccc(-c5ccc(F)c(F)c5)c(F)c4)cc3)c(F)c2)CC1. The smallest absolute Gasteiger partial charge is 0.429 e. The van der Waals surface area contributed by atoms with E-state index >= 15 is 8.78 Å². The van der Waals surface area contributed by atoms with Crippen molar-refractivity contribution in [1.29, 1.82) is 0 Å². The summed E-state index contributed by atoms with van der Waals surface area (Å²) in [6.07, 6.45) is 3.84. The van der Waals surface area contributed by atoms with E-state index in [1.807, 2.05) is 0 Å². The zero-order chi connectivity index (χ0) is 31.4. The van der Waals surface area contributed by atoms with Gasteiger partial charge in [0.15, 0.2) is 11.6 Å². The number of hydrogen-bond donors (Lipinski definition) is 0. The maximum absolute atomic E-state index is 15.1. The highest BCUT2D eigenvalue weighted by atomic mass is 19.3. The first-order chi connectivity index (χ1) is 21.1. The van der Waals surface area contributed by atoms with Crippen LogP contribution < -0.4 is 4.74 Å². The number of rotatable bonds is 10. The molecule has 0 bridgehead atoms. The fraction of sp³-hybridized carbons (Fsp3) is 0.333. The summed E-state index contributed by atoms with van der Waals surface area (Å²) in [5.74, 6) is -5.39. The van der Waals surface area contributed by atoms with Gasteiger partial charge in [-0.25, -0.2) is 22.0 Å². The van der Waals surface area contributed by atoms with Gasteiger partial charge in [0.1, 0.15) is 28.8 Å². The Balaban J connectivity index is 1.26. The maximum atomic E-state index is 15.1. The fourth-order valence-corrected chi connectivity index (χ4v) is 6.08. The first-order valence-electron chi connectivity index (χ1n) is 15.0. The molecule has 232 valence electrons. The maximum Gasteiger partial charge on any atom is 0.432 e. The first-order valence-corrected chi connectivity index (χ1v) is 15.0. The van der Waals surface area contributed by atoms with Crippen LogP contribution in [-0.4, -0.2) is 0 Å². The van der Waals surface area contributed by atoms with Crippen LogP contribution in [0.1, 0.15) is 75.3 Å². The molecule has 44 heavy (non-hydrogen) atoms. The molecule has 0 heterocycles. The molecule has 0 unspecified atom stereocenters. The molecule has 0 N–H and O–H groups in total. The van der Waals surface area contributed by atoms with Crippen LogP contribution in [0.3, 0.4) is 0 Å². The van der Waals surface area contributed by atoms with Gasteiger partial charge >= 0.3 is 6.11 Å². The highest BCUT2D eigenvalue weighted by molar-refractivity contribution is 5.71. The number of benzene rings is 4. The molecule has 1 nitrogen and oxygen atoms in total. The topological polar surface area (TPSA) is 9.23 Å². The van der Waals surface area contributed by atoms with Gasteiger partial charge in [-0.3, -0.25) is 0 Å². The number of hydrogen-bond acceptors (Lipinski definition) is 1. The molecule has 4 aromatic rings. The quantitative estimate of drug-likeness (QED) is 0.128. The molecular formula is C36H33F7O. The van der Waals surface area contributed by atoms with Crippen molar-refractivity contribution in [1.82, 2.24) is 0 Å². The minimum absolute atomic E-state index is 0.0532. The minimum Gasteiger partial charge on any atom is -0.429 e. The molecule has 0 atom stereocenters. The van der Waals surface area contributed by atoms with Gasteiger partial charge in [-0.15, -0.1) is 0 Å². The second kappa shape index (κ2) is 13.4. The fourth-order valence-electron chi connectivity index (χ4n) is 6.08. The van der Waals surface area contributed by atoms with Gasteiger partial charge in [-0.1, -0.05) is 62.9 Å². The van der Waals surface area contributed by atoms with Crippen LogP contribution in [0.2, 0.25) is 0 Å². The van der Waals surface area contributed by atoms with Crippen LogP contribution >= 0.6 is 0 Å². The number of alkyl halides is 2. The van der Waals surface area contributed by atoms with Gasteiger partial charge in [0.2, 0.25) is 0 Å². The van der Waals surface area contributed by atoms with Crippen LogP contribution in [0.5, 0.6) is 5.75 Å². The molecule has 4 aromatic carbocycles. The van der Waals surface area contributed by atoms with E-state index in [1.165, 1.54) is 61.4 Å². The third-order valence-electron chi connectivity index (χ3n) is 8.52. The van der Waals surface area contributed by atoms with E-state index in [2.05, 4.69) is 6.92 Å². The van der Waals surface area contributed by atoms with Crippen molar-refractivity contribution >= 4 is 0 Å². The normalized spacial score (nSPS) is 17.1. The van der Waals surface area contributed by atoms with E-state index in [4.69, 9.17) is 4.74 Å². The second-order valence-electron chi connectivity index (χ2n) is 11.5. The van der Waals surface area contributed by atoms with Crippen LogP contribution in [-0.2, 0) is 6.11 Å². The highest BCUT2D eigenvalue weighted by Gasteiger charge is 2.41. The van der Waals surface area contributed by atoms with Gasteiger partial charge in [0.05, 0.1) is 0 Å². The zero-order valence-electron chi connectivity index (χ0n) is 24.3. The number of halogens is 7. The minimum atomic E-state index is -4.29. The van der Waals surface area contributed by atoms with Crippen molar-refractivity contribution in [2.24, 2.45) is 5.92 Å². The van der Waals surface area contributed by atoms with Crippen molar-refractivity contribution in [3.05, 3.63) is 113 Å². The Kier molecular flexibility index (Phi) is 9.66. The Morgan fingerprint density at radius 2 is 1.25 bits per heavy atom. The van der Waals surface area contributed by atoms with Gasteiger partial charge in [0, 0.05) is 5.56 Å². The highest BCUT2D eigenvalue weighted by Crippen LogP contribution is 2.41. The molecule has 0 saturated heterocycles. The zero-order valence-corrected chi connectivity index (χ0v) is 24.3. The van der Waals surface area contributed by atoms with E-state index < -0.39 is 40.8 Å². The predicted octanol–water partition coefficient (Wildman–Crippen LogP) is 11.7. The van der Waals surface area contributed by atoms with Gasteiger partial charge in [0.25, 0.3) is 0 Å². The Labute approximate surface area is 252 Å². The largest absolute Gasteiger partial charge is 0.432 e. The number of ether oxygens (including phenoxy) is 1. The van der Waals surface area contributed by atoms with Crippen molar-refractivity contribution in [3.8, 4) is 28.0 Å². The average molecular weight is 615 g/mol. The first kappa shape index (κ1) is 31.6. The predicted molar refractivity (Wildman–Crippen MR) is 157 cm³/mol. The monoisotopic (exact) mass is 614 g/mol. The molecule has 1 aliphatic carbocycles. The Morgan fingerprint density at radius 1 is 0.636 bits per heavy atom. The van der Waals surface area contributed by atoms with Crippen LogP contribution in [0.4, 0.5) is 30.7 Å². The molecule has 0 aromatic heterocycles. The Hall–Kier alpha value is -3.81. The summed E-state index contributed by atoms with van der Waals surface area (Å²) in [5.41, 5.74) is -0.0331. The summed E-state index contributed by atoms with van der Waals surface area (Å²) in [4.78, 5) is 0. The van der Waals surface area contributed by atoms with E-state index in [0.717, 1.165) is 62.8 Å². The van der Waals surface area contributed by atoms with Crippen LogP contribution in [0.15, 0.2) is 72.8 Å². The average Bonchev–Trinajstić information content (AvgIpc) is 2.99. The van der Waals surface area contributed by atoms with Gasteiger partial charge in [-0.05, 0) is 102 Å². The van der Waals surface area contributed by atoms with E-state index in [0.29, 0.717) is 22.6 Å². The lowest BCUT2D eigenvalue weighted by atomic mass is 9.77. The summed E-state index contributed by atoms with van der Waals surface area (Å²) in [7, 11) is 0. The molecule has 0 amide bonds. The summed E-state index contributed by atoms with van der Waals surface area (Å²) >= 11 is 0. The molecule has 0 radical (unpaired) electrons. The third kappa shape index (κ3) is 7.11. The molecule has 5 rings (SSSR count). The molecule has 0 aliphatic heterocycles. The summed E-state index contributed by atoms with van der Waals surface area (Å²) in [5, 5.41) is 0. The van der Waals surface area contributed by atoms with Crippen molar-refractivity contribution < 1.29 is 35.5 Å². The lowest BCUT2D eigenvalue weighted by Crippen LogP contribution is -2.25. The lowest BCUT2D eigenvalue weighted by Gasteiger charge is -2.29. The molecule has 1 fully saturated rings. The molecule has 1 aliphatic rings. The lowest BCUT2D eigenvalue weighted by molar-refractivity contribution is -0.189. The second-order valence-corrected chi connectivity index (χ2v) is 11.5. The molecule has 1 saturated carbocycles. The van der Waals surface area contributed by atoms with Crippen LogP contribution in [0, 0.1) is 35.0 Å². The van der Waals surface area contributed by atoms with E-state index in [9.17, 15) is 22.0 Å². The van der Waals surface area contributed by atoms with Crippen LogP contribution in [0.25, 0.3) is 22.3 Å². The molecular weight excluding hydrogens is 581 g/mol. The van der Waals surface area contributed by atoms with E-state index in [-0.39, 0.29) is 22.8 Å². The van der Waals surface area contributed by atoms with Gasteiger partial charge in [-0.2, -0.15) is 8.78 Å². The molecule has 0 spiro atoms. The summed E-state index contributed by atoms with van der Waals surface area (Å²) < 4.78 is 107. The van der Waals surface area contributed by atoms with Crippen molar-refractivity contribution in [3.63, 3.8) is 0 Å². The van der Waals surface area contributed by atoms with Gasteiger partial charge < -0.3 is 4.74 Å². The molecule has 8 heteroatoms. The number of unbranched alkanes of at least 4 members (excludes halogenated alkanes) is 2. The van der Waals surface area contributed by atoms with E-state index in [1.54, 1.807) is 0 Å². The summed E-state index contributed by atoms with van der Waals surface area (Å²) in [6.45, 7) is 2.16. The third-order valence-corrected chi connectivity index (χ3v) is 8.52.